The number of nitrogens with zero attached hydrogens (tertiary/aromatic N) is 3. The van der Waals surface area contributed by atoms with E-state index in [9.17, 15) is 9.59 Å². The van der Waals surface area contributed by atoms with Crippen molar-refractivity contribution in [1.29, 1.82) is 0 Å². The topological polar surface area (TPSA) is 67.2 Å². The molecule has 2 atom stereocenters. The van der Waals surface area contributed by atoms with Gasteiger partial charge in [-0.25, -0.2) is 0 Å². The Labute approximate surface area is 124 Å². The molecule has 0 bridgehead atoms. The number of nitrogens with one attached hydrogen (secondary N) is 1. The number of rotatable bonds is 4. The minimum Gasteiger partial charge on any atom is -0.342 e. The Bertz CT molecular complexity index is 576. The molecule has 1 aliphatic heterocycles. The second-order valence-electron chi connectivity index (χ2n) is 6.07. The van der Waals surface area contributed by atoms with Gasteiger partial charge in [0, 0.05) is 7.05 Å². The molecule has 114 valence electrons. The third-order valence-corrected chi connectivity index (χ3v) is 4.51. The Morgan fingerprint density at radius 1 is 1.38 bits per heavy atom. The SMILES string of the molecule is CCc1cc(CN2C(=O)C(C3CC3)NC(=O)C2C)n(C)n1. The van der Waals surface area contributed by atoms with Crippen LogP contribution in [0.4, 0.5) is 0 Å². The van der Waals surface area contributed by atoms with E-state index in [2.05, 4.69) is 17.3 Å². The van der Waals surface area contributed by atoms with Gasteiger partial charge in [0.1, 0.15) is 12.1 Å². The van der Waals surface area contributed by atoms with E-state index in [0.29, 0.717) is 12.5 Å². The van der Waals surface area contributed by atoms with Crippen molar-refractivity contribution >= 4 is 11.8 Å². The summed E-state index contributed by atoms with van der Waals surface area (Å²) in [4.78, 5) is 26.4. The number of aromatic nitrogens is 2. The average Bonchev–Trinajstić information content (AvgIpc) is 3.23. The molecule has 6 nitrogen and oxygen atoms in total. The largest absolute Gasteiger partial charge is 0.342 e. The fourth-order valence-electron chi connectivity index (χ4n) is 2.88. The first kappa shape index (κ1) is 14.1. The fraction of sp³-hybridized carbons (Fsp3) is 0.667. The van der Waals surface area contributed by atoms with Crippen molar-refractivity contribution in [2.75, 3.05) is 0 Å². The summed E-state index contributed by atoms with van der Waals surface area (Å²) in [6.07, 6.45) is 2.93. The molecule has 21 heavy (non-hydrogen) atoms. The molecule has 0 spiro atoms. The van der Waals surface area contributed by atoms with E-state index in [1.54, 1.807) is 16.5 Å². The van der Waals surface area contributed by atoms with E-state index in [4.69, 9.17) is 0 Å². The van der Waals surface area contributed by atoms with Gasteiger partial charge in [-0.3, -0.25) is 14.3 Å². The Kier molecular flexibility index (Phi) is 3.47. The number of hydrogen-bond donors (Lipinski definition) is 1. The van der Waals surface area contributed by atoms with Crippen LogP contribution in [0, 0.1) is 5.92 Å². The lowest BCUT2D eigenvalue weighted by Crippen LogP contribution is -2.62. The van der Waals surface area contributed by atoms with Gasteiger partial charge in [0.25, 0.3) is 0 Å². The summed E-state index contributed by atoms with van der Waals surface area (Å²) in [6, 6.07) is 1.26. The van der Waals surface area contributed by atoms with Crippen LogP contribution in [0.1, 0.15) is 38.1 Å². The van der Waals surface area contributed by atoms with Gasteiger partial charge in [0.15, 0.2) is 0 Å². The van der Waals surface area contributed by atoms with Crippen molar-refractivity contribution in [3.05, 3.63) is 17.5 Å². The molecule has 1 saturated heterocycles. The van der Waals surface area contributed by atoms with E-state index < -0.39 is 6.04 Å². The molecule has 0 aromatic carbocycles. The molecule has 1 saturated carbocycles. The number of piperazine rings is 1. The number of carbonyl (C=O) groups excluding carboxylic acids is 2. The second kappa shape index (κ2) is 5.16. The lowest BCUT2D eigenvalue weighted by molar-refractivity contribution is -0.150. The molecule has 2 heterocycles. The minimum absolute atomic E-state index is 0.0452. The number of amides is 2. The van der Waals surface area contributed by atoms with Crippen LogP contribution in [0.3, 0.4) is 0 Å². The number of carbonyl (C=O) groups is 2. The van der Waals surface area contributed by atoms with Crippen molar-refractivity contribution in [2.24, 2.45) is 13.0 Å². The summed E-state index contributed by atoms with van der Waals surface area (Å²) in [6.45, 7) is 4.28. The second-order valence-corrected chi connectivity index (χ2v) is 6.07. The number of hydrogen-bond acceptors (Lipinski definition) is 3. The van der Waals surface area contributed by atoms with Gasteiger partial charge in [-0.1, -0.05) is 6.92 Å². The van der Waals surface area contributed by atoms with Crippen molar-refractivity contribution in [2.45, 2.75) is 51.7 Å². The minimum atomic E-state index is -0.424. The maximum Gasteiger partial charge on any atom is 0.246 e. The molecule has 1 aromatic heterocycles. The highest BCUT2D eigenvalue weighted by Crippen LogP contribution is 2.35. The zero-order valence-electron chi connectivity index (χ0n) is 12.8. The summed E-state index contributed by atoms with van der Waals surface area (Å²) in [7, 11) is 1.88. The summed E-state index contributed by atoms with van der Waals surface area (Å²) >= 11 is 0. The molecule has 2 unspecified atom stereocenters. The van der Waals surface area contributed by atoms with Crippen LogP contribution in [-0.4, -0.2) is 38.6 Å². The lowest BCUT2D eigenvalue weighted by Gasteiger charge is -2.37. The Morgan fingerprint density at radius 2 is 2.10 bits per heavy atom. The van der Waals surface area contributed by atoms with Gasteiger partial charge in [-0.15, -0.1) is 0 Å². The van der Waals surface area contributed by atoms with Crippen LogP contribution in [0.25, 0.3) is 0 Å². The Balaban J connectivity index is 1.82. The third kappa shape index (κ3) is 2.54. The first-order valence-corrected chi connectivity index (χ1v) is 7.64. The highest BCUT2D eigenvalue weighted by Gasteiger charge is 2.45. The normalized spacial score (nSPS) is 26.1. The van der Waals surface area contributed by atoms with Gasteiger partial charge in [0.05, 0.1) is 17.9 Å². The van der Waals surface area contributed by atoms with Crippen molar-refractivity contribution in [1.82, 2.24) is 20.0 Å². The van der Waals surface area contributed by atoms with E-state index in [1.165, 1.54) is 0 Å². The molecule has 1 aromatic rings. The van der Waals surface area contributed by atoms with Crippen molar-refractivity contribution in [3.63, 3.8) is 0 Å². The smallest absolute Gasteiger partial charge is 0.246 e. The molecule has 1 aliphatic carbocycles. The van der Waals surface area contributed by atoms with Crippen molar-refractivity contribution < 1.29 is 9.59 Å². The standard InChI is InChI=1S/C15H22N4O2/c1-4-11-7-12(18(3)17-11)8-19-9(2)14(20)16-13(15(19)21)10-5-6-10/h7,9-10,13H,4-6,8H2,1-3H3,(H,16,20). The zero-order chi connectivity index (χ0) is 15.1. The van der Waals surface area contributed by atoms with E-state index in [-0.39, 0.29) is 17.9 Å². The van der Waals surface area contributed by atoms with Crippen LogP contribution in [0.15, 0.2) is 6.07 Å². The predicted molar refractivity (Wildman–Crippen MR) is 77.3 cm³/mol. The monoisotopic (exact) mass is 290 g/mol. The molecule has 1 N–H and O–H groups in total. The van der Waals surface area contributed by atoms with Crippen LogP contribution in [-0.2, 0) is 29.6 Å². The zero-order valence-corrected chi connectivity index (χ0v) is 12.8. The number of aryl methyl sites for hydroxylation is 2. The van der Waals surface area contributed by atoms with Crippen molar-refractivity contribution in [3.8, 4) is 0 Å². The maximum atomic E-state index is 12.6. The van der Waals surface area contributed by atoms with Gasteiger partial charge in [0.2, 0.25) is 11.8 Å². The highest BCUT2D eigenvalue weighted by molar-refractivity contribution is 5.97. The van der Waals surface area contributed by atoms with Gasteiger partial charge in [-0.2, -0.15) is 5.10 Å². The quantitative estimate of drug-likeness (QED) is 0.883. The van der Waals surface area contributed by atoms with Crippen LogP contribution >= 0.6 is 0 Å². The van der Waals surface area contributed by atoms with Gasteiger partial charge < -0.3 is 10.2 Å². The highest BCUT2D eigenvalue weighted by atomic mass is 16.2. The van der Waals surface area contributed by atoms with Crippen LogP contribution < -0.4 is 5.32 Å². The average molecular weight is 290 g/mol. The summed E-state index contributed by atoms with van der Waals surface area (Å²) in [5.41, 5.74) is 1.98. The first-order valence-electron chi connectivity index (χ1n) is 7.64. The molecular weight excluding hydrogens is 268 g/mol. The molecular formula is C15H22N4O2. The fourth-order valence-corrected chi connectivity index (χ4v) is 2.88. The van der Waals surface area contributed by atoms with E-state index in [0.717, 1.165) is 30.7 Å². The third-order valence-electron chi connectivity index (χ3n) is 4.51. The summed E-state index contributed by atoms with van der Waals surface area (Å²) in [5.74, 6) is 0.322. The Morgan fingerprint density at radius 3 is 2.67 bits per heavy atom. The summed E-state index contributed by atoms with van der Waals surface area (Å²) < 4.78 is 1.80. The summed E-state index contributed by atoms with van der Waals surface area (Å²) in [5, 5.41) is 7.28. The lowest BCUT2D eigenvalue weighted by atomic mass is 10.0. The van der Waals surface area contributed by atoms with Crippen LogP contribution in [0.2, 0.25) is 0 Å². The molecule has 0 radical (unpaired) electrons. The molecule has 2 aliphatic rings. The maximum absolute atomic E-state index is 12.6. The van der Waals surface area contributed by atoms with Crippen LogP contribution in [0.5, 0.6) is 0 Å². The van der Waals surface area contributed by atoms with Gasteiger partial charge in [-0.05, 0) is 38.2 Å². The van der Waals surface area contributed by atoms with E-state index in [1.807, 2.05) is 13.1 Å². The molecule has 2 fully saturated rings. The molecule has 2 amide bonds. The van der Waals surface area contributed by atoms with E-state index >= 15 is 0 Å². The molecule has 3 rings (SSSR count). The first-order chi connectivity index (χ1) is 10.0. The molecule has 6 heteroatoms. The van der Waals surface area contributed by atoms with Gasteiger partial charge >= 0.3 is 0 Å². The Hall–Kier alpha value is -1.85. The predicted octanol–water partition coefficient (Wildman–Crippen LogP) is 0.608.